The van der Waals surface area contributed by atoms with E-state index in [0.29, 0.717) is 5.69 Å². The van der Waals surface area contributed by atoms with Gasteiger partial charge in [0, 0.05) is 37.9 Å². The summed E-state index contributed by atoms with van der Waals surface area (Å²) >= 11 is 0. The molecule has 1 saturated heterocycles. The third-order valence-corrected chi connectivity index (χ3v) is 6.21. The van der Waals surface area contributed by atoms with E-state index in [4.69, 9.17) is 5.14 Å². The van der Waals surface area contributed by atoms with E-state index < -0.39 is 10.0 Å². The highest BCUT2D eigenvalue weighted by Gasteiger charge is 2.25. The molecule has 1 fully saturated rings. The molecule has 0 spiro atoms. The number of carbonyl (C=O) groups is 1. The SMILES string of the molecule is CN(C)c1ccccc1CN1CCC(C(=O)Nc2ccc(S(N)(=O)=O)cc2)CC1. The van der Waals surface area contributed by atoms with Crippen LogP contribution >= 0.6 is 0 Å². The first-order valence-electron chi connectivity index (χ1n) is 9.65. The van der Waals surface area contributed by atoms with Crippen LogP contribution in [-0.2, 0) is 21.4 Å². The summed E-state index contributed by atoms with van der Waals surface area (Å²) in [4.78, 5) is 17.1. The molecule has 2 aromatic carbocycles. The van der Waals surface area contributed by atoms with Crippen LogP contribution in [0.5, 0.6) is 0 Å². The number of hydrogen-bond donors (Lipinski definition) is 2. The Bertz CT molecular complexity index is 950. The Balaban J connectivity index is 1.53. The second kappa shape index (κ2) is 8.94. The van der Waals surface area contributed by atoms with Crippen molar-refractivity contribution in [2.24, 2.45) is 11.1 Å². The molecule has 0 radical (unpaired) electrons. The summed E-state index contributed by atoms with van der Waals surface area (Å²) in [6, 6.07) is 14.3. The van der Waals surface area contributed by atoms with Gasteiger partial charge in [0.1, 0.15) is 0 Å². The first kappa shape index (κ1) is 21.3. The third-order valence-electron chi connectivity index (χ3n) is 5.28. The lowest BCUT2D eigenvalue weighted by atomic mass is 9.95. The van der Waals surface area contributed by atoms with Crippen LogP contribution in [0.4, 0.5) is 11.4 Å². The second-order valence-corrected chi connectivity index (χ2v) is 9.19. The van der Waals surface area contributed by atoms with Gasteiger partial charge in [0.2, 0.25) is 15.9 Å². The van der Waals surface area contributed by atoms with Crippen LogP contribution in [-0.4, -0.2) is 46.4 Å². The Morgan fingerprint density at radius 3 is 2.31 bits per heavy atom. The summed E-state index contributed by atoms with van der Waals surface area (Å²) in [7, 11) is 0.363. The van der Waals surface area contributed by atoms with Gasteiger partial charge in [-0.15, -0.1) is 0 Å². The quantitative estimate of drug-likeness (QED) is 0.753. The summed E-state index contributed by atoms with van der Waals surface area (Å²) < 4.78 is 22.6. The molecule has 3 rings (SSSR count). The van der Waals surface area contributed by atoms with Crippen LogP contribution in [0.15, 0.2) is 53.4 Å². The zero-order valence-corrected chi connectivity index (χ0v) is 17.7. The van der Waals surface area contributed by atoms with Crippen LogP contribution < -0.4 is 15.4 Å². The number of rotatable bonds is 6. The summed E-state index contributed by atoms with van der Waals surface area (Å²) in [5.41, 5.74) is 3.08. The average Bonchev–Trinajstić information content (AvgIpc) is 2.68. The topological polar surface area (TPSA) is 95.7 Å². The fourth-order valence-electron chi connectivity index (χ4n) is 3.65. The maximum Gasteiger partial charge on any atom is 0.238 e. The van der Waals surface area contributed by atoms with Crippen molar-refractivity contribution in [1.29, 1.82) is 0 Å². The normalized spacial score (nSPS) is 15.8. The summed E-state index contributed by atoms with van der Waals surface area (Å²) in [6.45, 7) is 2.60. The first-order chi connectivity index (χ1) is 13.7. The van der Waals surface area contributed by atoms with Crippen molar-refractivity contribution in [3.05, 3.63) is 54.1 Å². The van der Waals surface area contributed by atoms with Crippen LogP contribution in [0.1, 0.15) is 18.4 Å². The molecule has 0 aliphatic carbocycles. The number of para-hydroxylation sites is 1. The number of nitrogens with zero attached hydrogens (tertiary/aromatic N) is 2. The highest BCUT2D eigenvalue weighted by Crippen LogP contribution is 2.24. The standard InChI is InChI=1S/C21H28N4O3S/c1-24(2)20-6-4-3-5-17(20)15-25-13-11-16(12-14-25)21(26)23-18-7-9-19(10-8-18)29(22,27)28/h3-10,16H,11-15H2,1-2H3,(H,23,26)(H2,22,27,28). The summed E-state index contributed by atoms with van der Waals surface area (Å²) in [5, 5.41) is 7.98. The number of primary sulfonamides is 1. The Hall–Kier alpha value is -2.42. The number of benzene rings is 2. The first-order valence-corrected chi connectivity index (χ1v) is 11.2. The van der Waals surface area contributed by atoms with E-state index in [-0.39, 0.29) is 16.7 Å². The van der Waals surface area contributed by atoms with Gasteiger partial charge < -0.3 is 10.2 Å². The zero-order chi connectivity index (χ0) is 21.0. The van der Waals surface area contributed by atoms with Gasteiger partial charge in [0.05, 0.1) is 4.90 Å². The maximum absolute atomic E-state index is 12.6. The van der Waals surface area contributed by atoms with Crippen LogP contribution in [0.2, 0.25) is 0 Å². The van der Waals surface area contributed by atoms with Crippen molar-refractivity contribution < 1.29 is 13.2 Å². The molecule has 0 bridgehead atoms. The van der Waals surface area contributed by atoms with Crippen molar-refractivity contribution in [3.63, 3.8) is 0 Å². The molecule has 1 aliphatic heterocycles. The highest BCUT2D eigenvalue weighted by atomic mass is 32.2. The van der Waals surface area contributed by atoms with Gasteiger partial charge in [-0.3, -0.25) is 9.69 Å². The lowest BCUT2D eigenvalue weighted by molar-refractivity contribution is -0.121. The van der Waals surface area contributed by atoms with E-state index in [9.17, 15) is 13.2 Å². The lowest BCUT2D eigenvalue weighted by Gasteiger charge is -2.32. The monoisotopic (exact) mass is 416 g/mol. The fraction of sp³-hybridized carbons (Fsp3) is 0.381. The minimum atomic E-state index is -3.73. The van der Waals surface area contributed by atoms with E-state index in [1.54, 1.807) is 12.1 Å². The average molecular weight is 417 g/mol. The van der Waals surface area contributed by atoms with Crippen molar-refractivity contribution in [2.75, 3.05) is 37.4 Å². The molecule has 7 nitrogen and oxygen atoms in total. The summed E-state index contributed by atoms with van der Waals surface area (Å²) in [6.07, 6.45) is 1.59. The number of nitrogens with two attached hydrogens (primary N) is 1. The number of carbonyl (C=O) groups excluding carboxylic acids is 1. The third kappa shape index (κ3) is 5.56. The molecule has 2 aromatic rings. The predicted molar refractivity (Wildman–Crippen MR) is 115 cm³/mol. The number of amides is 1. The van der Waals surface area contributed by atoms with E-state index in [0.717, 1.165) is 32.5 Å². The van der Waals surface area contributed by atoms with Gasteiger partial charge in [0.25, 0.3) is 0 Å². The summed E-state index contributed by atoms with van der Waals surface area (Å²) in [5.74, 6) is -0.0741. The van der Waals surface area contributed by atoms with Crippen LogP contribution in [0.3, 0.4) is 0 Å². The van der Waals surface area contributed by atoms with Gasteiger partial charge in [-0.05, 0) is 61.8 Å². The minimum Gasteiger partial charge on any atom is -0.377 e. The fourth-order valence-corrected chi connectivity index (χ4v) is 4.16. The van der Waals surface area contributed by atoms with Gasteiger partial charge in [-0.1, -0.05) is 18.2 Å². The van der Waals surface area contributed by atoms with E-state index >= 15 is 0 Å². The smallest absolute Gasteiger partial charge is 0.238 e. The molecular formula is C21H28N4O3S. The van der Waals surface area contributed by atoms with Crippen molar-refractivity contribution in [1.82, 2.24) is 4.90 Å². The van der Waals surface area contributed by atoms with Crippen molar-refractivity contribution >= 4 is 27.3 Å². The molecule has 0 unspecified atom stereocenters. The Morgan fingerprint density at radius 1 is 1.10 bits per heavy atom. The number of piperidine rings is 1. The number of likely N-dealkylation sites (tertiary alicyclic amines) is 1. The van der Waals surface area contributed by atoms with E-state index in [1.807, 2.05) is 20.2 Å². The molecule has 1 amide bonds. The van der Waals surface area contributed by atoms with Gasteiger partial charge >= 0.3 is 0 Å². The molecule has 0 aromatic heterocycles. The van der Waals surface area contributed by atoms with Crippen molar-refractivity contribution in [2.45, 2.75) is 24.3 Å². The number of sulfonamides is 1. The van der Waals surface area contributed by atoms with Gasteiger partial charge in [0.15, 0.2) is 0 Å². The molecule has 156 valence electrons. The molecular weight excluding hydrogens is 388 g/mol. The van der Waals surface area contributed by atoms with Gasteiger partial charge in [-0.25, -0.2) is 13.6 Å². The molecule has 0 saturated carbocycles. The molecule has 29 heavy (non-hydrogen) atoms. The Morgan fingerprint density at radius 2 is 1.72 bits per heavy atom. The number of hydrogen-bond acceptors (Lipinski definition) is 5. The number of nitrogens with one attached hydrogen (secondary N) is 1. The molecule has 8 heteroatoms. The molecule has 0 atom stereocenters. The lowest BCUT2D eigenvalue weighted by Crippen LogP contribution is -2.38. The van der Waals surface area contributed by atoms with E-state index in [1.165, 1.54) is 23.4 Å². The zero-order valence-electron chi connectivity index (χ0n) is 16.8. The van der Waals surface area contributed by atoms with Crippen LogP contribution in [0.25, 0.3) is 0 Å². The highest BCUT2D eigenvalue weighted by molar-refractivity contribution is 7.89. The number of anilines is 2. The predicted octanol–water partition coefficient (Wildman–Crippen LogP) is 2.25. The second-order valence-electron chi connectivity index (χ2n) is 7.63. The van der Waals surface area contributed by atoms with Gasteiger partial charge in [-0.2, -0.15) is 0 Å². The molecule has 3 N–H and O–H groups in total. The van der Waals surface area contributed by atoms with Crippen LogP contribution in [0, 0.1) is 5.92 Å². The maximum atomic E-state index is 12.6. The Labute approximate surface area is 172 Å². The Kier molecular flexibility index (Phi) is 6.56. The minimum absolute atomic E-state index is 0.0262. The largest absolute Gasteiger partial charge is 0.377 e. The van der Waals surface area contributed by atoms with E-state index in [2.05, 4.69) is 33.3 Å². The molecule has 1 heterocycles. The molecule has 1 aliphatic rings. The van der Waals surface area contributed by atoms with Crippen molar-refractivity contribution in [3.8, 4) is 0 Å².